The second kappa shape index (κ2) is 6.64. The van der Waals surface area contributed by atoms with E-state index in [-0.39, 0.29) is 0 Å². The van der Waals surface area contributed by atoms with E-state index in [1.165, 1.54) is 0 Å². The Hall–Kier alpha value is -2.54. The number of nitrogens with zero attached hydrogens (tertiary/aromatic N) is 3. The number of ether oxygens (including phenoxy) is 1. The van der Waals surface area contributed by atoms with Crippen molar-refractivity contribution in [3.8, 4) is 17.1 Å². The highest BCUT2D eigenvalue weighted by Crippen LogP contribution is 2.33. The van der Waals surface area contributed by atoms with Gasteiger partial charge in [0.2, 0.25) is 0 Å². The van der Waals surface area contributed by atoms with Crippen LogP contribution in [0.1, 0.15) is 19.7 Å². The normalized spacial score (nSPS) is 11.7. The largest absolute Gasteiger partial charge is 0.474 e. The molecule has 0 unspecified atom stereocenters. The van der Waals surface area contributed by atoms with E-state index < -0.39 is 28.8 Å². The fourth-order valence-corrected chi connectivity index (χ4v) is 2.88. The van der Waals surface area contributed by atoms with Crippen LogP contribution in [0.4, 0.5) is 13.2 Å². The van der Waals surface area contributed by atoms with Crippen LogP contribution >= 0.6 is 11.6 Å². The average Bonchev–Trinajstić information content (AvgIpc) is 2.94. The first-order valence-electron chi connectivity index (χ1n) is 7.69. The molecule has 0 aliphatic carbocycles. The molecule has 0 aliphatic rings. The van der Waals surface area contributed by atoms with E-state index in [0.717, 1.165) is 0 Å². The summed E-state index contributed by atoms with van der Waals surface area (Å²) < 4.78 is 48.0. The first-order valence-corrected chi connectivity index (χ1v) is 8.07. The molecule has 0 amide bonds. The lowest BCUT2D eigenvalue weighted by Crippen LogP contribution is -2.30. The molecule has 8 heteroatoms. The first-order chi connectivity index (χ1) is 12.2. The Kier molecular flexibility index (Phi) is 4.66. The number of hydrogen-bond acceptors (Lipinski definition) is 3. The monoisotopic (exact) mass is 380 g/mol. The molecule has 0 bridgehead atoms. The van der Waals surface area contributed by atoms with Crippen molar-refractivity contribution in [2.45, 2.75) is 19.4 Å². The van der Waals surface area contributed by atoms with Gasteiger partial charge in [-0.1, -0.05) is 23.7 Å². The molecular weight excluding hydrogens is 366 g/mol. The van der Waals surface area contributed by atoms with Gasteiger partial charge in [-0.2, -0.15) is 0 Å². The van der Waals surface area contributed by atoms with Crippen LogP contribution in [0.5, 0.6) is 5.75 Å². The minimum atomic E-state index is -1.25. The molecule has 4 nitrogen and oxygen atoms in total. The van der Waals surface area contributed by atoms with Crippen molar-refractivity contribution in [3.63, 3.8) is 0 Å². The molecule has 0 atom stereocenters. The maximum absolute atomic E-state index is 13.9. The minimum absolute atomic E-state index is 0.315. The Morgan fingerprint density at radius 3 is 2.27 bits per heavy atom. The number of halogens is 4. The van der Waals surface area contributed by atoms with Crippen LogP contribution in [0, 0.1) is 17.5 Å². The standard InChI is InChI=1S/C18H15ClF3N3O/c1-18(2,26-15-13(21)8-10(20)9-14(15)22)17-24-23-16(25(17)3)11-6-4-5-7-12(11)19/h4-9H,1-3H3/i20-1. The number of aromatic nitrogens is 3. The maximum Gasteiger partial charge on any atom is 0.192 e. The summed E-state index contributed by atoms with van der Waals surface area (Å²) in [5.74, 6) is -3.19. The van der Waals surface area contributed by atoms with Crippen LogP contribution < -0.4 is 4.74 Å². The zero-order chi connectivity index (χ0) is 19.1. The number of rotatable bonds is 4. The molecule has 2 aromatic carbocycles. The smallest absolute Gasteiger partial charge is 0.192 e. The van der Waals surface area contributed by atoms with Crippen LogP contribution in [0.25, 0.3) is 11.4 Å². The van der Waals surface area contributed by atoms with Gasteiger partial charge >= 0.3 is 0 Å². The third-order valence-corrected chi connectivity index (χ3v) is 4.18. The zero-order valence-electron chi connectivity index (χ0n) is 14.2. The summed E-state index contributed by atoms with van der Waals surface area (Å²) >= 11 is 6.19. The van der Waals surface area contributed by atoms with Crippen molar-refractivity contribution in [2.24, 2.45) is 7.05 Å². The molecule has 0 N–H and O–H groups in total. The van der Waals surface area contributed by atoms with Crippen LogP contribution in [0.2, 0.25) is 5.02 Å². The molecule has 0 fully saturated rings. The van der Waals surface area contributed by atoms with Gasteiger partial charge in [0.1, 0.15) is 5.82 Å². The Morgan fingerprint density at radius 1 is 1.04 bits per heavy atom. The average molecular weight is 381 g/mol. The van der Waals surface area contributed by atoms with Gasteiger partial charge in [-0.15, -0.1) is 10.2 Å². The van der Waals surface area contributed by atoms with Gasteiger partial charge < -0.3 is 9.30 Å². The van der Waals surface area contributed by atoms with Crippen molar-refractivity contribution in [1.29, 1.82) is 0 Å². The fraction of sp³-hybridized carbons (Fsp3) is 0.222. The maximum atomic E-state index is 13.9. The van der Waals surface area contributed by atoms with E-state index in [0.29, 0.717) is 34.4 Å². The molecule has 0 spiro atoms. The van der Waals surface area contributed by atoms with Crippen molar-refractivity contribution >= 4 is 11.6 Å². The van der Waals surface area contributed by atoms with Crippen molar-refractivity contribution in [1.82, 2.24) is 14.8 Å². The Morgan fingerprint density at radius 2 is 1.65 bits per heavy atom. The Balaban J connectivity index is 2.00. The van der Waals surface area contributed by atoms with Gasteiger partial charge in [0, 0.05) is 24.7 Å². The Bertz CT molecular complexity index is 949. The highest BCUT2D eigenvalue weighted by atomic mass is 35.5. The Labute approximate surface area is 153 Å². The molecule has 3 rings (SSSR count). The molecular formula is C18H15ClF3N3O. The van der Waals surface area contributed by atoms with Crippen molar-refractivity contribution in [2.75, 3.05) is 0 Å². The van der Waals surface area contributed by atoms with E-state index in [1.54, 1.807) is 49.7 Å². The topological polar surface area (TPSA) is 39.9 Å². The molecule has 0 aliphatic heterocycles. The number of benzene rings is 2. The van der Waals surface area contributed by atoms with Crippen molar-refractivity contribution < 1.29 is 17.9 Å². The summed E-state index contributed by atoms with van der Waals surface area (Å²) in [6.07, 6.45) is 0. The second-order valence-electron chi connectivity index (χ2n) is 6.20. The minimum Gasteiger partial charge on any atom is -0.474 e. The molecule has 26 heavy (non-hydrogen) atoms. The predicted molar refractivity (Wildman–Crippen MR) is 91.4 cm³/mol. The van der Waals surface area contributed by atoms with Crippen LogP contribution in [-0.2, 0) is 12.6 Å². The lowest BCUT2D eigenvalue weighted by molar-refractivity contribution is 0.0833. The third-order valence-electron chi connectivity index (χ3n) is 3.85. The predicted octanol–water partition coefficient (Wildman–Crippen LogP) is 4.87. The fourth-order valence-electron chi connectivity index (χ4n) is 2.66. The zero-order valence-corrected chi connectivity index (χ0v) is 15.0. The van der Waals surface area contributed by atoms with Crippen LogP contribution in [0.3, 0.4) is 0 Å². The summed E-state index contributed by atoms with van der Waals surface area (Å²) in [6.45, 7) is 3.16. The van der Waals surface area contributed by atoms with E-state index >= 15 is 0 Å². The quantitative estimate of drug-likeness (QED) is 0.648. The van der Waals surface area contributed by atoms with E-state index in [9.17, 15) is 13.2 Å². The lowest BCUT2D eigenvalue weighted by atomic mass is 10.1. The highest BCUT2D eigenvalue weighted by Gasteiger charge is 2.32. The van der Waals surface area contributed by atoms with E-state index in [1.807, 2.05) is 0 Å². The number of hydrogen-bond donors (Lipinski definition) is 0. The first kappa shape index (κ1) is 18.3. The highest BCUT2D eigenvalue weighted by molar-refractivity contribution is 6.33. The molecule has 3 aromatic rings. The summed E-state index contributed by atoms with van der Waals surface area (Å²) in [5, 5.41) is 8.69. The summed E-state index contributed by atoms with van der Waals surface area (Å²) in [4.78, 5) is 0. The van der Waals surface area contributed by atoms with E-state index in [4.69, 9.17) is 16.3 Å². The lowest BCUT2D eigenvalue weighted by Gasteiger charge is -2.26. The van der Waals surface area contributed by atoms with Crippen molar-refractivity contribution in [3.05, 3.63) is 64.7 Å². The molecule has 136 valence electrons. The van der Waals surface area contributed by atoms with Gasteiger partial charge in [-0.25, -0.2) is 13.2 Å². The van der Waals surface area contributed by atoms with Crippen LogP contribution in [-0.4, -0.2) is 14.8 Å². The van der Waals surface area contributed by atoms with Gasteiger partial charge in [0.25, 0.3) is 0 Å². The summed E-state index contributed by atoms with van der Waals surface area (Å²) in [6, 6.07) is 8.21. The molecule has 0 saturated carbocycles. The molecule has 1 heterocycles. The van der Waals surface area contributed by atoms with Gasteiger partial charge in [0.15, 0.2) is 34.6 Å². The SMILES string of the molecule is Cn1c(-c2ccccc2Cl)nnc1C(C)(C)Oc1c(F)cc([18F])cc1F. The van der Waals surface area contributed by atoms with Crippen LogP contribution in [0.15, 0.2) is 36.4 Å². The molecule has 1 aromatic heterocycles. The molecule has 0 saturated heterocycles. The third kappa shape index (κ3) is 3.26. The van der Waals surface area contributed by atoms with E-state index in [2.05, 4.69) is 10.2 Å². The summed E-state index contributed by atoms with van der Waals surface area (Å²) in [7, 11) is 1.69. The van der Waals surface area contributed by atoms with Gasteiger partial charge in [-0.3, -0.25) is 0 Å². The summed E-state index contributed by atoms with van der Waals surface area (Å²) in [5.41, 5.74) is -0.591. The van der Waals surface area contributed by atoms with Gasteiger partial charge in [-0.05, 0) is 26.0 Å². The molecule has 0 radical (unpaired) electrons. The second-order valence-corrected chi connectivity index (χ2v) is 6.60. The van der Waals surface area contributed by atoms with Gasteiger partial charge in [0.05, 0.1) is 5.02 Å².